The topological polar surface area (TPSA) is 41.5 Å². The van der Waals surface area contributed by atoms with Crippen LogP contribution in [0.25, 0.3) is 0 Å². The Labute approximate surface area is 90.0 Å². The second-order valence-electron chi connectivity index (χ2n) is 3.05. The zero-order valence-corrected chi connectivity index (χ0v) is 8.38. The first-order chi connectivity index (χ1) is 7.39. The van der Waals surface area contributed by atoms with Crippen LogP contribution < -0.4 is 5.43 Å². The average molecular weight is 230 g/mol. The molecule has 0 fully saturated rings. The molecule has 0 bridgehead atoms. The summed E-state index contributed by atoms with van der Waals surface area (Å²) >= 11 is 0. The van der Waals surface area contributed by atoms with E-state index in [0.717, 1.165) is 12.1 Å². The molecule has 16 heavy (non-hydrogen) atoms. The van der Waals surface area contributed by atoms with Gasteiger partial charge in [0, 0.05) is 6.92 Å². The van der Waals surface area contributed by atoms with E-state index < -0.39 is 11.7 Å². The highest BCUT2D eigenvalue weighted by molar-refractivity contribution is 5.81. The molecule has 0 unspecified atom stereocenters. The molecule has 0 spiro atoms. The lowest BCUT2D eigenvalue weighted by Crippen LogP contribution is -2.12. The number of amides is 1. The molecule has 0 heterocycles. The molecule has 0 saturated carbocycles. The van der Waals surface area contributed by atoms with Gasteiger partial charge in [0.05, 0.1) is 11.8 Å². The maximum Gasteiger partial charge on any atom is 0.416 e. The van der Waals surface area contributed by atoms with E-state index in [1.54, 1.807) is 0 Å². The average Bonchev–Trinajstić information content (AvgIpc) is 2.16. The van der Waals surface area contributed by atoms with Crippen molar-refractivity contribution >= 4 is 12.1 Å². The van der Waals surface area contributed by atoms with Gasteiger partial charge in [0.15, 0.2) is 0 Å². The maximum atomic E-state index is 12.2. The van der Waals surface area contributed by atoms with Gasteiger partial charge in [-0.05, 0) is 17.7 Å². The lowest BCUT2D eigenvalue weighted by atomic mass is 10.1. The van der Waals surface area contributed by atoms with Gasteiger partial charge in [-0.1, -0.05) is 12.1 Å². The third-order valence-corrected chi connectivity index (χ3v) is 1.67. The summed E-state index contributed by atoms with van der Waals surface area (Å²) in [7, 11) is 0. The molecular formula is C10H9F3N2O. The Bertz CT molecular complexity index is 396. The molecule has 0 saturated heterocycles. The van der Waals surface area contributed by atoms with Gasteiger partial charge >= 0.3 is 6.18 Å². The number of hydrogen-bond acceptors (Lipinski definition) is 2. The minimum Gasteiger partial charge on any atom is -0.274 e. The quantitative estimate of drug-likeness (QED) is 0.614. The number of hydrazone groups is 1. The number of nitrogens with one attached hydrogen (secondary N) is 1. The molecule has 0 atom stereocenters. The van der Waals surface area contributed by atoms with Crippen molar-refractivity contribution in [2.45, 2.75) is 13.1 Å². The summed E-state index contributed by atoms with van der Waals surface area (Å²) in [6, 6.07) is 4.45. The Balaban J connectivity index is 2.72. The van der Waals surface area contributed by atoms with Crippen LogP contribution >= 0.6 is 0 Å². The minimum atomic E-state index is -4.34. The maximum absolute atomic E-state index is 12.2. The lowest BCUT2D eigenvalue weighted by Gasteiger charge is -2.05. The molecule has 0 aliphatic heterocycles. The molecular weight excluding hydrogens is 221 g/mol. The van der Waals surface area contributed by atoms with Crippen LogP contribution in [0.1, 0.15) is 18.1 Å². The smallest absolute Gasteiger partial charge is 0.274 e. The minimum absolute atomic E-state index is 0.344. The van der Waals surface area contributed by atoms with Gasteiger partial charge < -0.3 is 0 Å². The second-order valence-corrected chi connectivity index (χ2v) is 3.05. The van der Waals surface area contributed by atoms with Crippen molar-refractivity contribution in [3.05, 3.63) is 35.4 Å². The summed E-state index contributed by atoms with van der Waals surface area (Å²) in [5, 5.41) is 3.53. The number of rotatable bonds is 2. The van der Waals surface area contributed by atoms with Crippen molar-refractivity contribution in [1.82, 2.24) is 5.43 Å². The molecule has 0 aliphatic carbocycles. The highest BCUT2D eigenvalue weighted by Crippen LogP contribution is 2.28. The van der Waals surface area contributed by atoms with E-state index in [1.165, 1.54) is 25.3 Å². The lowest BCUT2D eigenvalue weighted by molar-refractivity contribution is -0.137. The number of carbonyl (C=O) groups is 1. The molecule has 1 aromatic rings. The predicted molar refractivity (Wildman–Crippen MR) is 52.9 cm³/mol. The largest absolute Gasteiger partial charge is 0.416 e. The molecule has 1 rings (SSSR count). The number of carbonyl (C=O) groups excluding carboxylic acids is 1. The van der Waals surface area contributed by atoms with Crippen molar-refractivity contribution in [2.24, 2.45) is 5.10 Å². The van der Waals surface area contributed by atoms with Crippen molar-refractivity contribution in [3.63, 3.8) is 0 Å². The van der Waals surface area contributed by atoms with Crippen LogP contribution in [0.2, 0.25) is 0 Å². The summed E-state index contributed by atoms with van der Waals surface area (Å²) in [6.45, 7) is 1.28. The van der Waals surface area contributed by atoms with Gasteiger partial charge in [-0.3, -0.25) is 4.79 Å². The third kappa shape index (κ3) is 3.72. The first-order valence-corrected chi connectivity index (χ1v) is 4.36. The Morgan fingerprint density at radius 3 is 2.31 bits per heavy atom. The van der Waals surface area contributed by atoms with E-state index in [9.17, 15) is 18.0 Å². The number of halogens is 3. The number of alkyl halides is 3. The van der Waals surface area contributed by atoms with Gasteiger partial charge in [-0.25, -0.2) is 5.43 Å². The Kier molecular flexibility index (Phi) is 3.65. The summed E-state index contributed by atoms with van der Waals surface area (Å²) in [5.74, 6) is -0.344. The van der Waals surface area contributed by atoms with Crippen molar-refractivity contribution in [2.75, 3.05) is 0 Å². The Morgan fingerprint density at radius 2 is 1.88 bits per heavy atom. The molecule has 86 valence electrons. The van der Waals surface area contributed by atoms with Crippen LogP contribution in [0.5, 0.6) is 0 Å². The van der Waals surface area contributed by atoms with E-state index in [-0.39, 0.29) is 5.91 Å². The molecule has 0 aliphatic rings. The van der Waals surface area contributed by atoms with Crippen molar-refractivity contribution in [3.8, 4) is 0 Å². The highest BCUT2D eigenvalue weighted by atomic mass is 19.4. The van der Waals surface area contributed by atoms with E-state index >= 15 is 0 Å². The fourth-order valence-electron chi connectivity index (χ4n) is 0.956. The zero-order valence-electron chi connectivity index (χ0n) is 8.38. The van der Waals surface area contributed by atoms with Gasteiger partial charge in [0.2, 0.25) is 5.91 Å². The van der Waals surface area contributed by atoms with E-state index in [0.29, 0.717) is 5.56 Å². The van der Waals surface area contributed by atoms with Crippen LogP contribution in [0.3, 0.4) is 0 Å². The van der Waals surface area contributed by atoms with E-state index in [2.05, 4.69) is 10.5 Å². The number of nitrogens with zero attached hydrogens (tertiary/aromatic N) is 1. The summed E-state index contributed by atoms with van der Waals surface area (Å²) < 4.78 is 36.6. The van der Waals surface area contributed by atoms with E-state index in [4.69, 9.17) is 0 Å². The van der Waals surface area contributed by atoms with Crippen LogP contribution in [-0.2, 0) is 11.0 Å². The zero-order chi connectivity index (χ0) is 12.2. The fraction of sp³-hybridized carbons (Fsp3) is 0.200. The molecule has 1 N–H and O–H groups in total. The third-order valence-electron chi connectivity index (χ3n) is 1.67. The molecule has 6 heteroatoms. The molecule has 0 radical (unpaired) electrons. The number of benzene rings is 1. The van der Waals surface area contributed by atoms with Crippen LogP contribution in [0.15, 0.2) is 29.4 Å². The Morgan fingerprint density at radius 1 is 1.31 bits per heavy atom. The second kappa shape index (κ2) is 4.78. The Hall–Kier alpha value is -1.85. The van der Waals surface area contributed by atoms with Gasteiger partial charge in [-0.2, -0.15) is 18.3 Å². The fourth-order valence-corrected chi connectivity index (χ4v) is 0.956. The first-order valence-electron chi connectivity index (χ1n) is 4.36. The molecule has 1 aromatic carbocycles. The summed E-state index contributed by atoms with van der Waals surface area (Å²) in [5.41, 5.74) is 1.90. The first kappa shape index (κ1) is 12.2. The van der Waals surface area contributed by atoms with Crippen LogP contribution in [0, 0.1) is 0 Å². The van der Waals surface area contributed by atoms with Crippen LogP contribution in [-0.4, -0.2) is 12.1 Å². The standard InChI is InChI=1S/C10H9F3N2O/c1-7(16)15-14-6-8-2-4-9(5-3-8)10(11,12)13/h2-6H,1H3,(H,15,16)/b14-6-. The van der Waals surface area contributed by atoms with E-state index in [1.807, 2.05) is 0 Å². The predicted octanol–water partition coefficient (Wildman–Crippen LogP) is 2.18. The molecule has 0 aromatic heterocycles. The SMILES string of the molecule is CC(=O)N/N=C\c1ccc(C(F)(F)F)cc1. The van der Waals surface area contributed by atoms with Crippen molar-refractivity contribution < 1.29 is 18.0 Å². The highest BCUT2D eigenvalue weighted by Gasteiger charge is 2.29. The van der Waals surface area contributed by atoms with Crippen molar-refractivity contribution in [1.29, 1.82) is 0 Å². The van der Waals surface area contributed by atoms with Gasteiger partial charge in [0.25, 0.3) is 0 Å². The van der Waals surface area contributed by atoms with Gasteiger partial charge in [0.1, 0.15) is 0 Å². The molecule has 1 amide bonds. The van der Waals surface area contributed by atoms with Gasteiger partial charge in [-0.15, -0.1) is 0 Å². The summed E-state index contributed by atoms with van der Waals surface area (Å²) in [4.78, 5) is 10.4. The molecule has 3 nitrogen and oxygen atoms in total. The number of hydrogen-bond donors (Lipinski definition) is 1. The monoisotopic (exact) mass is 230 g/mol. The normalized spacial score (nSPS) is 11.8. The van der Waals surface area contributed by atoms with Crippen LogP contribution in [0.4, 0.5) is 13.2 Å². The summed E-state index contributed by atoms with van der Waals surface area (Å²) in [6.07, 6.45) is -3.07.